The first-order valence-corrected chi connectivity index (χ1v) is 15.6. The Kier molecular flexibility index (Phi) is 9.08. The van der Waals surface area contributed by atoms with Gasteiger partial charge in [0, 0.05) is 52.7 Å². The maximum atomic E-state index is 14.4. The predicted molar refractivity (Wildman–Crippen MR) is 159 cm³/mol. The monoisotopic (exact) mass is 656 g/mol. The van der Waals surface area contributed by atoms with E-state index in [0.717, 1.165) is 22.9 Å². The first-order chi connectivity index (χ1) is 20.8. The van der Waals surface area contributed by atoms with E-state index in [-0.39, 0.29) is 42.0 Å². The molecule has 2 saturated heterocycles. The summed E-state index contributed by atoms with van der Waals surface area (Å²) in [4.78, 5) is 29.7. The fourth-order valence-electron chi connectivity index (χ4n) is 6.21. The summed E-state index contributed by atoms with van der Waals surface area (Å²) in [5, 5.41) is 23.4. The number of fused-ring (bicyclic) bond motifs is 2. The molecular formula is C28H28F4N4O6S2. The topological polar surface area (TPSA) is 129 Å². The maximum absolute atomic E-state index is 14.4. The number of benzene rings is 2. The van der Waals surface area contributed by atoms with Gasteiger partial charge in [-0.3, -0.25) is 30.2 Å². The van der Waals surface area contributed by atoms with E-state index >= 15 is 0 Å². The van der Waals surface area contributed by atoms with Gasteiger partial charge >= 0.3 is 0 Å². The molecule has 0 aromatic heterocycles. The second kappa shape index (κ2) is 12.4. The molecule has 0 spiro atoms. The van der Waals surface area contributed by atoms with Crippen molar-refractivity contribution in [1.29, 1.82) is 0 Å². The van der Waals surface area contributed by atoms with Crippen molar-refractivity contribution in [1.82, 2.24) is 0 Å². The molecule has 16 heteroatoms. The van der Waals surface area contributed by atoms with Gasteiger partial charge in [-0.2, -0.15) is 0 Å². The lowest BCUT2D eigenvalue weighted by molar-refractivity contribution is -0.385. The van der Waals surface area contributed by atoms with E-state index in [1.165, 1.54) is 23.9 Å². The number of alkyl halides is 1. The van der Waals surface area contributed by atoms with Gasteiger partial charge in [0.1, 0.15) is 23.6 Å². The number of hydrogen-bond donors (Lipinski definition) is 0. The van der Waals surface area contributed by atoms with Crippen molar-refractivity contribution in [3.05, 3.63) is 79.1 Å². The first-order valence-electron chi connectivity index (χ1n) is 13.6. The fraction of sp³-hybridized carbons (Fsp3) is 0.500. The van der Waals surface area contributed by atoms with E-state index < -0.39 is 62.8 Å². The Morgan fingerprint density at radius 1 is 0.864 bits per heavy atom. The molecule has 0 amide bonds. The molecule has 6 atom stereocenters. The van der Waals surface area contributed by atoms with Crippen LogP contribution in [0.2, 0.25) is 0 Å². The number of nitro benzene ring substituents is 2. The third kappa shape index (κ3) is 5.61. The van der Waals surface area contributed by atoms with Crippen LogP contribution in [0.15, 0.2) is 40.3 Å². The minimum absolute atomic E-state index is 0.0164. The number of halogens is 4. The molecule has 4 aliphatic heterocycles. The molecule has 0 N–H and O–H groups in total. The Balaban J connectivity index is 0.000000175. The van der Waals surface area contributed by atoms with Crippen LogP contribution < -0.4 is 0 Å². The van der Waals surface area contributed by atoms with Gasteiger partial charge in [0.2, 0.25) is 0 Å². The van der Waals surface area contributed by atoms with Crippen molar-refractivity contribution in [2.75, 3.05) is 31.4 Å². The van der Waals surface area contributed by atoms with Crippen molar-refractivity contribution in [2.45, 2.75) is 44.1 Å². The van der Waals surface area contributed by atoms with Crippen LogP contribution in [-0.4, -0.2) is 63.5 Å². The van der Waals surface area contributed by atoms with Gasteiger partial charge in [-0.1, -0.05) is 0 Å². The molecule has 0 aliphatic carbocycles. The summed E-state index contributed by atoms with van der Waals surface area (Å²) in [5.74, 6) is -2.29. The van der Waals surface area contributed by atoms with E-state index in [9.17, 15) is 37.8 Å². The molecule has 4 heterocycles. The van der Waals surface area contributed by atoms with Gasteiger partial charge in [-0.25, -0.2) is 17.6 Å². The van der Waals surface area contributed by atoms with Crippen LogP contribution in [-0.2, 0) is 20.6 Å². The van der Waals surface area contributed by atoms with E-state index in [2.05, 4.69) is 9.98 Å². The lowest BCUT2D eigenvalue weighted by Gasteiger charge is -2.35. The van der Waals surface area contributed by atoms with Crippen LogP contribution >= 0.6 is 23.5 Å². The number of nitro groups is 2. The summed E-state index contributed by atoms with van der Waals surface area (Å²) in [6.45, 7) is 4.87. The van der Waals surface area contributed by atoms with Crippen molar-refractivity contribution in [3.8, 4) is 0 Å². The maximum Gasteiger partial charge on any atom is 0.272 e. The molecule has 2 aromatic carbocycles. The molecule has 0 bridgehead atoms. The van der Waals surface area contributed by atoms with E-state index in [1.807, 2.05) is 13.8 Å². The minimum atomic E-state index is -1.33. The zero-order valence-electron chi connectivity index (χ0n) is 23.8. The highest BCUT2D eigenvalue weighted by Crippen LogP contribution is 2.50. The number of aliphatic imine (C=N–C) groups is 2. The molecule has 0 unspecified atom stereocenters. The number of rotatable bonds is 5. The summed E-state index contributed by atoms with van der Waals surface area (Å²) in [6.07, 6.45) is -0.839. The number of hydrogen-bond acceptors (Lipinski definition) is 10. The van der Waals surface area contributed by atoms with E-state index in [0.29, 0.717) is 16.9 Å². The van der Waals surface area contributed by atoms with Crippen LogP contribution in [0.1, 0.15) is 31.9 Å². The molecular weight excluding hydrogens is 628 g/mol. The number of thioether (sulfide) groups is 2. The third-order valence-electron chi connectivity index (χ3n) is 8.45. The molecule has 6 rings (SSSR count). The standard InChI is InChI=1S/C14H13F3N2O3S.C14H15FN2O3S/c1-7-18-14(6-22-12(4-15)10(14)5-23-7)9-2-8(19(20)21)3-11(16)13(9)17;1-8-12-6-21-9(2)16-14(12,7-20-8)11-5-10(17(18)19)3-4-13(11)15/h2-3,10,12H,4-6H2,1H3;3-5,8,12H,6-7H2,1-2H3/t10-,12-,14-;8-,12-,14-/m11/s1. The van der Waals surface area contributed by atoms with Crippen LogP contribution in [0.3, 0.4) is 0 Å². The SMILES string of the molecule is CC1=N[C@@]2(c3cc([N+](=O)[O-])cc(F)c3F)CO[C@H](CF)[C@H]2CS1.CC1=N[C@@]2(c3cc([N+](=O)[O-])ccc3F)CO[C@H](C)[C@H]2CS1. The molecule has 236 valence electrons. The summed E-state index contributed by atoms with van der Waals surface area (Å²) in [6, 6.07) is 5.13. The number of non-ortho nitro benzene ring substituents is 2. The minimum Gasteiger partial charge on any atom is -0.375 e. The highest BCUT2D eigenvalue weighted by Gasteiger charge is 2.55. The van der Waals surface area contributed by atoms with Gasteiger partial charge in [-0.05, 0) is 26.8 Å². The zero-order valence-corrected chi connectivity index (χ0v) is 25.4. The highest BCUT2D eigenvalue weighted by molar-refractivity contribution is 8.14. The fourth-order valence-corrected chi connectivity index (χ4v) is 8.55. The second-order valence-electron chi connectivity index (χ2n) is 10.9. The summed E-state index contributed by atoms with van der Waals surface area (Å²) in [7, 11) is 0. The Labute approximate surface area is 258 Å². The van der Waals surface area contributed by atoms with E-state index in [1.54, 1.807) is 18.7 Å². The highest BCUT2D eigenvalue weighted by atomic mass is 32.2. The number of ether oxygens (including phenoxy) is 2. The van der Waals surface area contributed by atoms with Crippen LogP contribution in [0.4, 0.5) is 28.9 Å². The molecule has 0 saturated carbocycles. The smallest absolute Gasteiger partial charge is 0.272 e. The molecule has 4 aliphatic rings. The van der Waals surface area contributed by atoms with Crippen molar-refractivity contribution >= 4 is 45.0 Å². The number of nitrogens with zero attached hydrogens (tertiary/aromatic N) is 4. The lowest BCUT2D eigenvalue weighted by atomic mass is 9.78. The average Bonchev–Trinajstić information content (AvgIpc) is 3.52. The van der Waals surface area contributed by atoms with Crippen LogP contribution in [0, 0.1) is 49.5 Å². The molecule has 10 nitrogen and oxygen atoms in total. The van der Waals surface area contributed by atoms with E-state index in [4.69, 9.17) is 9.47 Å². The summed E-state index contributed by atoms with van der Waals surface area (Å²) < 4.78 is 66.9. The summed E-state index contributed by atoms with van der Waals surface area (Å²) >= 11 is 3.00. The Bertz CT molecular complexity index is 1560. The van der Waals surface area contributed by atoms with Crippen LogP contribution in [0.25, 0.3) is 0 Å². The zero-order chi connectivity index (χ0) is 32.0. The van der Waals surface area contributed by atoms with Gasteiger partial charge in [0.05, 0.1) is 51.4 Å². The second-order valence-corrected chi connectivity index (χ2v) is 13.4. The van der Waals surface area contributed by atoms with Gasteiger partial charge < -0.3 is 9.47 Å². The molecule has 44 heavy (non-hydrogen) atoms. The summed E-state index contributed by atoms with van der Waals surface area (Å²) in [5.41, 5.74) is -2.84. The normalized spacial score (nSPS) is 30.8. The Morgan fingerprint density at radius 2 is 1.43 bits per heavy atom. The third-order valence-corrected chi connectivity index (χ3v) is 10.5. The van der Waals surface area contributed by atoms with Gasteiger partial charge in [0.25, 0.3) is 11.4 Å². The average molecular weight is 657 g/mol. The lowest BCUT2D eigenvalue weighted by Crippen LogP contribution is -2.41. The first kappa shape index (κ1) is 32.3. The van der Waals surface area contributed by atoms with Crippen LogP contribution in [0.5, 0.6) is 0 Å². The van der Waals surface area contributed by atoms with Gasteiger partial charge in [0.15, 0.2) is 11.6 Å². The quantitative estimate of drug-likeness (QED) is 0.207. The van der Waals surface area contributed by atoms with Gasteiger partial charge in [-0.15, -0.1) is 23.5 Å². The van der Waals surface area contributed by atoms with Crippen molar-refractivity contribution < 1.29 is 36.9 Å². The molecule has 2 fully saturated rings. The largest absolute Gasteiger partial charge is 0.375 e. The van der Waals surface area contributed by atoms with Crippen molar-refractivity contribution in [2.24, 2.45) is 21.8 Å². The Morgan fingerprint density at radius 3 is 2.05 bits per heavy atom. The predicted octanol–water partition coefficient (Wildman–Crippen LogP) is 6.35. The Hall–Kier alpha value is -3.08. The van der Waals surface area contributed by atoms with Crippen molar-refractivity contribution in [3.63, 3.8) is 0 Å². The molecule has 2 aromatic rings. The molecule has 0 radical (unpaired) electrons.